The molecule has 282 valence electrons. The first-order chi connectivity index (χ1) is 29.8. The molecule has 0 N–H and O–H groups in total. The molecule has 0 aliphatic rings. The molecule has 0 aliphatic heterocycles. The van der Waals surface area contributed by atoms with Crippen molar-refractivity contribution in [3.8, 4) is 55.6 Å². The van der Waals surface area contributed by atoms with Gasteiger partial charge in [-0.1, -0.05) is 206 Å². The summed E-state index contributed by atoms with van der Waals surface area (Å²) in [6.45, 7) is 0. The van der Waals surface area contributed by atoms with Crippen molar-refractivity contribution in [2.75, 3.05) is 4.90 Å². The van der Waals surface area contributed by atoms with Crippen LogP contribution in [0.4, 0.5) is 17.1 Å². The van der Waals surface area contributed by atoms with Crippen molar-refractivity contribution in [3.05, 3.63) is 237 Å². The topological polar surface area (TPSA) is 3.24 Å². The third-order valence-electron chi connectivity index (χ3n) is 11.7. The molecule has 0 saturated carbocycles. The Morgan fingerprint density at radius 1 is 0.250 bits per heavy atom. The Morgan fingerprint density at radius 3 is 1.33 bits per heavy atom. The first-order valence-corrected chi connectivity index (χ1v) is 21.3. The molecular formula is C58H39NS. The quantitative estimate of drug-likeness (QED) is 0.148. The van der Waals surface area contributed by atoms with Crippen molar-refractivity contribution in [2.45, 2.75) is 0 Å². The average Bonchev–Trinajstić information content (AvgIpc) is 3.72. The molecule has 2 heteroatoms. The molecule has 1 nitrogen and oxygen atoms in total. The van der Waals surface area contributed by atoms with Gasteiger partial charge in [0.15, 0.2) is 0 Å². The van der Waals surface area contributed by atoms with E-state index in [2.05, 4.69) is 241 Å². The predicted molar refractivity (Wildman–Crippen MR) is 259 cm³/mol. The van der Waals surface area contributed by atoms with Crippen LogP contribution in [0.2, 0.25) is 0 Å². The molecule has 0 unspecified atom stereocenters. The van der Waals surface area contributed by atoms with Gasteiger partial charge < -0.3 is 4.90 Å². The van der Waals surface area contributed by atoms with Crippen LogP contribution in [0.1, 0.15) is 0 Å². The van der Waals surface area contributed by atoms with Crippen LogP contribution in [-0.4, -0.2) is 0 Å². The van der Waals surface area contributed by atoms with Gasteiger partial charge in [0, 0.05) is 36.9 Å². The lowest BCUT2D eigenvalue weighted by Gasteiger charge is -2.32. The van der Waals surface area contributed by atoms with Crippen molar-refractivity contribution in [1.82, 2.24) is 0 Å². The lowest BCUT2D eigenvalue weighted by Crippen LogP contribution is -2.13. The smallest absolute Gasteiger partial charge is 0.0540 e. The Balaban J connectivity index is 1.19. The molecule has 0 spiro atoms. The summed E-state index contributed by atoms with van der Waals surface area (Å²) in [4.78, 5) is 2.52. The molecule has 11 aromatic rings. The summed E-state index contributed by atoms with van der Waals surface area (Å²) in [6.07, 6.45) is 0. The maximum atomic E-state index is 2.52. The minimum Gasteiger partial charge on any atom is -0.309 e. The molecule has 11 rings (SSSR count). The minimum atomic E-state index is 1.11. The highest BCUT2D eigenvalue weighted by Gasteiger charge is 2.25. The van der Waals surface area contributed by atoms with Gasteiger partial charge in [0.25, 0.3) is 0 Å². The summed E-state index contributed by atoms with van der Waals surface area (Å²) in [5, 5.41) is 5.04. The second-order valence-electron chi connectivity index (χ2n) is 15.2. The van der Waals surface area contributed by atoms with E-state index in [1.165, 1.54) is 69.9 Å². The highest BCUT2D eigenvalue weighted by Crippen LogP contribution is 2.51. The number of thiophene rings is 1. The summed E-state index contributed by atoms with van der Waals surface area (Å²) in [7, 11) is 0. The van der Waals surface area contributed by atoms with Gasteiger partial charge in [0.2, 0.25) is 0 Å². The highest BCUT2D eigenvalue weighted by atomic mass is 32.1. The zero-order chi connectivity index (χ0) is 39.8. The van der Waals surface area contributed by atoms with Gasteiger partial charge in [-0.2, -0.15) is 0 Å². The number of rotatable bonds is 8. The van der Waals surface area contributed by atoms with Gasteiger partial charge in [-0.25, -0.2) is 0 Å². The van der Waals surface area contributed by atoms with Crippen molar-refractivity contribution in [1.29, 1.82) is 0 Å². The average molecular weight is 782 g/mol. The molecule has 60 heavy (non-hydrogen) atoms. The van der Waals surface area contributed by atoms with Gasteiger partial charge in [-0.05, 0) is 80.0 Å². The number of fused-ring (bicyclic) bond motifs is 4. The molecule has 0 aliphatic carbocycles. The number of hydrogen-bond acceptors (Lipinski definition) is 2. The molecule has 0 radical (unpaired) electrons. The third-order valence-corrected chi connectivity index (χ3v) is 12.8. The fraction of sp³-hybridized carbons (Fsp3) is 0. The first kappa shape index (κ1) is 35.6. The van der Waals surface area contributed by atoms with Crippen LogP contribution >= 0.6 is 11.3 Å². The van der Waals surface area contributed by atoms with Crippen LogP contribution < -0.4 is 4.90 Å². The summed E-state index contributed by atoms with van der Waals surface area (Å²) >= 11 is 1.86. The Labute approximate surface area is 354 Å². The van der Waals surface area contributed by atoms with Crippen LogP contribution in [0.3, 0.4) is 0 Å². The van der Waals surface area contributed by atoms with E-state index >= 15 is 0 Å². The summed E-state index contributed by atoms with van der Waals surface area (Å²) in [6, 6.07) is 86.2. The highest BCUT2D eigenvalue weighted by molar-refractivity contribution is 7.25. The number of para-hydroxylation sites is 3. The van der Waals surface area contributed by atoms with E-state index in [1.54, 1.807) is 0 Å². The second kappa shape index (κ2) is 15.3. The standard InChI is InChI=1S/C58H39NS/c1-3-18-40(19-4-1)41-36-38-43(39-37-41)45-24-7-11-31-52(45)59(54-33-13-9-26-48(54)50-30-17-35-56-58(50)51-27-10-14-34-55(51)60-56)53-32-12-8-25-47(53)49-29-16-23-44-22-15-28-46(57(44)49)42-20-5-2-6-21-42/h1-39H. The summed E-state index contributed by atoms with van der Waals surface area (Å²) in [5.74, 6) is 0. The van der Waals surface area contributed by atoms with E-state index in [0.29, 0.717) is 0 Å². The molecule has 1 heterocycles. The molecular weight excluding hydrogens is 743 g/mol. The van der Waals surface area contributed by atoms with Crippen LogP contribution in [0.25, 0.3) is 86.6 Å². The first-order valence-electron chi connectivity index (χ1n) is 20.5. The van der Waals surface area contributed by atoms with Gasteiger partial charge in [-0.3, -0.25) is 0 Å². The molecule has 10 aromatic carbocycles. The Kier molecular flexibility index (Phi) is 9.11. The maximum Gasteiger partial charge on any atom is 0.0540 e. The van der Waals surface area contributed by atoms with Crippen molar-refractivity contribution < 1.29 is 0 Å². The van der Waals surface area contributed by atoms with Gasteiger partial charge >= 0.3 is 0 Å². The monoisotopic (exact) mass is 781 g/mol. The van der Waals surface area contributed by atoms with Gasteiger partial charge in [-0.15, -0.1) is 11.3 Å². The normalized spacial score (nSPS) is 11.3. The number of anilines is 3. The van der Waals surface area contributed by atoms with Crippen molar-refractivity contribution >= 4 is 59.3 Å². The molecule has 1 aromatic heterocycles. The minimum absolute atomic E-state index is 1.11. The largest absolute Gasteiger partial charge is 0.309 e. The molecule has 0 amide bonds. The van der Waals surface area contributed by atoms with E-state index in [9.17, 15) is 0 Å². The molecule has 0 fully saturated rings. The van der Waals surface area contributed by atoms with E-state index in [0.717, 1.165) is 33.8 Å². The number of hydrogen-bond donors (Lipinski definition) is 0. The lowest BCUT2D eigenvalue weighted by atomic mass is 9.90. The number of benzene rings is 10. The molecule has 0 atom stereocenters. The fourth-order valence-electron chi connectivity index (χ4n) is 8.99. The van der Waals surface area contributed by atoms with E-state index in [4.69, 9.17) is 0 Å². The number of nitrogens with zero attached hydrogens (tertiary/aromatic N) is 1. The van der Waals surface area contributed by atoms with Crippen LogP contribution in [-0.2, 0) is 0 Å². The third kappa shape index (κ3) is 6.26. The zero-order valence-electron chi connectivity index (χ0n) is 32.9. The van der Waals surface area contributed by atoms with Gasteiger partial charge in [0.1, 0.15) is 0 Å². The fourth-order valence-corrected chi connectivity index (χ4v) is 10.1. The summed E-state index contributed by atoms with van der Waals surface area (Å²) < 4.78 is 2.59. The Morgan fingerprint density at radius 2 is 0.667 bits per heavy atom. The lowest BCUT2D eigenvalue weighted by molar-refractivity contribution is 1.29. The van der Waals surface area contributed by atoms with Crippen molar-refractivity contribution in [3.63, 3.8) is 0 Å². The SMILES string of the molecule is c1ccc(-c2ccc(-c3ccccc3N(c3ccccc3-c3cccc4cccc(-c5ccccc5)c34)c3ccccc3-c3cccc4sc5ccccc5c34)cc2)cc1. The Hall–Kier alpha value is -7.52. The molecule has 0 bridgehead atoms. The van der Waals surface area contributed by atoms with E-state index in [1.807, 2.05) is 11.3 Å². The van der Waals surface area contributed by atoms with E-state index in [-0.39, 0.29) is 0 Å². The maximum absolute atomic E-state index is 2.52. The van der Waals surface area contributed by atoms with E-state index < -0.39 is 0 Å². The Bertz CT molecular complexity index is 3300. The van der Waals surface area contributed by atoms with Crippen LogP contribution in [0.5, 0.6) is 0 Å². The van der Waals surface area contributed by atoms with Crippen molar-refractivity contribution in [2.24, 2.45) is 0 Å². The van der Waals surface area contributed by atoms with Crippen LogP contribution in [0.15, 0.2) is 237 Å². The molecule has 0 saturated heterocycles. The van der Waals surface area contributed by atoms with Gasteiger partial charge in [0.05, 0.1) is 17.1 Å². The summed E-state index contributed by atoms with van der Waals surface area (Å²) in [5.41, 5.74) is 15.2. The second-order valence-corrected chi connectivity index (χ2v) is 16.3. The predicted octanol–water partition coefficient (Wildman–Crippen LogP) is 17.0. The zero-order valence-corrected chi connectivity index (χ0v) is 33.7. The van der Waals surface area contributed by atoms with Crippen LogP contribution in [0, 0.1) is 0 Å².